The Kier molecular flexibility index (Phi) is 12.9. The monoisotopic (exact) mass is 958 g/mol. The number of carbonyl (C=O) groups is 2. The van der Waals surface area contributed by atoms with E-state index in [0.717, 1.165) is 50.9 Å². The second-order valence-corrected chi connectivity index (χ2v) is 23.0. The van der Waals surface area contributed by atoms with Gasteiger partial charge in [0.15, 0.2) is 11.5 Å². The fourth-order valence-electron chi connectivity index (χ4n) is 9.93. The zero-order chi connectivity index (χ0) is 43.6. The molecule has 2 aliphatic heterocycles. The predicted molar refractivity (Wildman–Crippen MR) is 259 cm³/mol. The lowest BCUT2D eigenvalue weighted by molar-refractivity contribution is -0.122. The molecule has 3 aliphatic rings. The van der Waals surface area contributed by atoms with E-state index in [-0.39, 0.29) is 34.6 Å². The summed E-state index contributed by atoms with van der Waals surface area (Å²) in [5, 5.41) is 16.0. The van der Waals surface area contributed by atoms with Crippen molar-refractivity contribution in [1.29, 1.82) is 0 Å². The van der Waals surface area contributed by atoms with Crippen molar-refractivity contribution < 1.29 is 28.6 Å². The molecule has 0 radical (unpaired) electrons. The van der Waals surface area contributed by atoms with Crippen LogP contribution >= 0.6 is 22.6 Å². The topological polar surface area (TPSA) is 97.3 Å². The number of benzene rings is 5. The molecular weight excluding hydrogens is 904 g/mol. The maximum Gasteiger partial charge on any atom is 0.261 e. The Morgan fingerprint density at radius 2 is 1.48 bits per heavy atom. The number of amides is 2. The molecule has 0 saturated carbocycles. The lowest BCUT2D eigenvalue weighted by Crippen LogP contribution is -2.66. The molecule has 4 atom stereocenters. The second-order valence-electron chi connectivity index (χ2n) is 17.6. The fourth-order valence-corrected chi connectivity index (χ4v) is 15.1. The zero-order valence-electron chi connectivity index (χ0n) is 36.1. The first-order chi connectivity index (χ1) is 29.9. The molecule has 8 rings (SSSR count). The highest BCUT2D eigenvalue weighted by molar-refractivity contribution is 14.1. The molecule has 1 aliphatic carbocycles. The number of carbonyl (C=O) groups excluding carboxylic acids is 2. The average molecular weight is 959 g/mol. The minimum atomic E-state index is -2.95. The van der Waals surface area contributed by atoms with Gasteiger partial charge < -0.3 is 24.3 Å². The van der Waals surface area contributed by atoms with Gasteiger partial charge in [-0.3, -0.25) is 14.5 Å². The van der Waals surface area contributed by atoms with E-state index in [0.29, 0.717) is 31.1 Å². The van der Waals surface area contributed by atoms with Crippen LogP contribution in [-0.2, 0) is 18.8 Å². The van der Waals surface area contributed by atoms with Crippen LogP contribution < -0.4 is 25.3 Å². The molecule has 2 fully saturated rings. The fraction of sp³-hybridized carbons (Fsp3) is 0.308. The summed E-state index contributed by atoms with van der Waals surface area (Å²) in [5.41, 5.74) is 6.82. The van der Waals surface area contributed by atoms with Crippen LogP contribution in [0.5, 0.6) is 11.5 Å². The van der Waals surface area contributed by atoms with Crippen LogP contribution in [0.1, 0.15) is 58.9 Å². The SMILES string of the molecule is CC/C(=C\c1cc(I)c(O)c(OC)c1)CC[C@H]1OC[C@H]2C1=C(CO[Si](c1ccccc1)(c1ccccc1)C(C)(C)C)C[C@H]1C(=O)N(c3ccc(Nc4ccccc4)cc3)C(=O)[C@H]12. The quantitative estimate of drug-likeness (QED) is 0.0495. The van der Waals surface area contributed by atoms with Crippen molar-refractivity contribution in [2.24, 2.45) is 17.8 Å². The van der Waals surface area contributed by atoms with Gasteiger partial charge in [0.25, 0.3) is 8.32 Å². The van der Waals surface area contributed by atoms with Crippen LogP contribution in [0.3, 0.4) is 0 Å². The number of anilines is 3. The summed E-state index contributed by atoms with van der Waals surface area (Å²) in [5.74, 6) is -1.02. The summed E-state index contributed by atoms with van der Waals surface area (Å²) in [6.07, 6.45) is 4.71. The Morgan fingerprint density at radius 3 is 2.08 bits per heavy atom. The molecule has 8 nitrogen and oxygen atoms in total. The summed E-state index contributed by atoms with van der Waals surface area (Å²) in [4.78, 5) is 30.7. The van der Waals surface area contributed by atoms with Crippen molar-refractivity contribution >= 4 is 76.2 Å². The Morgan fingerprint density at radius 1 is 0.871 bits per heavy atom. The van der Waals surface area contributed by atoms with Crippen LogP contribution in [0, 0.1) is 21.3 Å². The van der Waals surface area contributed by atoms with Crippen molar-refractivity contribution in [1.82, 2.24) is 0 Å². The number of rotatable bonds is 14. The minimum Gasteiger partial charge on any atom is -0.504 e. The van der Waals surface area contributed by atoms with Gasteiger partial charge in [-0.15, -0.1) is 0 Å². The normalized spacial score (nSPS) is 20.4. The van der Waals surface area contributed by atoms with Gasteiger partial charge in [-0.05, 0) is 129 Å². The molecule has 0 unspecified atom stereocenters. The van der Waals surface area contributed by atoms with Crippen LogP contribution in [0.4, 0.5) is 17.1 Å². The Labute approximate surface area is 380 Å². The highest BCUT2D eigenvalue weighted by Gasteiger charge is 2.58. The highest BCUT2D eigenvalue weighted by atomic mass is 127. The van der Waals surface area contributed by atoms with Crippen LogP contribution in [-0.4, -0.2) is 51.7 Å². The number of nitrogens with zero attached hydrogens (tertiary/aromatic N) is 1. The number of ether oxygens (including phenoxy) is 2. The third-order valence-electron chi connectivity index (χ3n) is 12.9. The van der Waals surface area contributed by atoms with Gasteiger partial charge in [0.2, 0.25) is 11.8 Å². The van der Waals surface area contributed by atoms with Crippen molar-refractivity contribution in [3.8, 4) is 11.5 Å². The molecule has 2 saturated heterocycles. The number of phenolic OH excluding ortho intramolecular Hbond substituents is 1. The van der Waals surface area contributed by atoms with E-state index >= 15 is 0 Å². The Bertz CT molecular complexity index is 2430. The number of methoxy groups -OCH3 is 1. The maximum atomic E-state index is 14.7. The van der Waals surface area contributed by atoms with Gasteiger partial charge in [-0.1, -0.05) is 118 Å². The first kappa shape index (κ1) is 43.6. The third-order valence-corrected chi connectivity index (χ3v) is 18.7. The molecule has 0 bridgehead atoms. The smallest absolute Gasteiger partial charge is 0.261 e. The van der Waals surface area contributed by atoms with E-state index < -0.39 is 20.2 Å². The standard InChI is InChI=1S/C52H55IN2O6Si/c1-6-34(28-35-29-44(53)49(56)46(30-35)59-5)22-27-45-47-36(32-61-62(52(2,3)4,40-18-12-8-13-19-40)41-20-14-9-15-21-41)31-42-48(43(47)33-60-45)51(58)55(50(42)57)39-25-23-38(24-26-39)54-37-16-10-7-11-17-37/h7-21,23-26,28-30,42-43,45,48,54,56H,6,22,27,31-33H2,1-5H3/b34-28+/t42-,43+,45-,48-/m1/s1. The predicted octanol–water partition coefficient (Wildman–Crippen LogP) is 10.4. The minimum absolute atomic E-state index is 0.139. The zero-order valence-corrected chi connectivity index (χ0v) is 39.2. The van der Waals surface area contributed by atoms with Crippen molar-refractivity contribution in [2.75, 3.05) is 30.5 Å². The Balaban J connectivity index is 1.14. The van der Waals surface area contributed by atoms with Crippen molar-refractivity contribution in [3.05, 3.63) is 153 Å². The molecule has 2 amide bonds. The summed E-state index contributed by atoms with van der Waals surface area (Å²) >= 11 is 2.13. The number of hydrogen-bond donors (Lipinski definition) is 2. The van der Waals surface area contributed by atoms with Gasteiger partial charge in [0, 0.05) is 17.3 Å². The first-order valence-corrected chi connectivity index (χ1v) is 24.6. The van der Waals surface area contributed by atoms with Crippen molar-refractivity contribution in [2.45, 2.75) is 64.5 Å². The van der Waals surface area contributed by atoms with Gasteiger partial charge in [-0.2, -0.15) is 0 Å². The van der Waals surface area contributed by atoms with E-state index in [1.54, 1.807) is 7.11 Å². The maximum absolute atomic E-state index is 14.7. The van der Waals surface area contributed by atoms with E-state index in [4.69, 9.17) is 13.9 Å². The van der Waals surface area contributed by atoms with Gasteiger partial charge >= 0.3 is 0 Å². The lowest BCUT2D eigenvalue weighted by Gasteiger charge is -2.44. The molecular formula is C52H55IN2O6Si. The van der Waals surface area contributed by atoms with E-state index in [9.17, 15) is 14.7 Å². The number of halogens is 1. The number of fused-ring (bicyclic) bond motifs is 3. The number of aromatic hydroxyl groups is 1. The van der Waals surface area contributed by atoms with E-state index in [1.165, 1.54) is 20.8 Å². The highest BCUT2D eigenvalue weighted by Crippen LogP contribution is 2.51. The summed E-state index contributed by atoms with van der Waals surface area (Å²) in [7, 11) is -1.38. The van der Waals surface area contributed by atoms with Crippen LogP contribution in [0.2, 0.25) is 5.04 Å². The summed E-state index contributed by atoms with van der Waals surface area (Å²) in [6.45, 7) is 9.70. The lowest BCUT2D eigenvalue weighted by atomic mass is 9.69. The van der Waals surface area contributed by atoms with Gasteiger partial charge in [0.1, 0.15) is 0 Å². The molecule has 5 aromatic carbocycles. The molecule has 0 spiro atoms. The average Bonchev–Trinajstić information content (AvgIpc) is 3.81. The van der Waals surface area contributed by atoms with Crippen molar-refractivity contribution in [3.63, 3.8) is 0 Å². The summed E-state index contributed by atoms with van der Waals surface area (Å²) in [6, 6.07) is 42.5. The van der Waals surface area contributed by atoms with Crippen LogP contribution in [0.25, 0.3) is 6.08 Å². The summed E-state index contributed by atoms with van der Waals surface area (Å²) < 4.78 is 20.5. The molecule has 5 aromatic rings. The Hall–Kier alpha value is -5.01. The number of phenols is 1. The number of imide groups is 1. The number of para-hydroxylation sites is 1. The largest absolute Gasteiger partial charge is 0.504 e. The van der Waals surface area contributed by atoms with Gasteiger partial charge in [0.05, 0.1) is 47.5 Å². The molecule has 10 heteroatoms. The number of nitrogens with one attached hydrogen (secondary N) is 1. The molecule has 320 valence electrons. The molecule has 62 heavy (non-hydrogen) atoms. The third kappa shape index (κ3) is 8.42. The molecule has 2 N–H and O–H groups in total. The molecule has 2 heterocycles. The van der Waals surface area contributed by atoms with E-state index in [1.807, 2.05) is 78.9 Å². The van der Waals surface area contributed by atoms with Crippen LogP contribution in [0.15, 0.2) is 144 Å². The first-order valence-electron chi connectivity index (χ1n) is 21.6. The van der Waals surface area contributed by atoms with Gasteiger partial charge in [-0.25, -0.2) is 0 Å². The molecule has 0 aromatic heterocycles. The van der Waals surface area contributed by atoms with E-state index in [2.05, 4.69) is 110 Å². The number of hydrogen-bond acceptors (Lipinski definition) is 7. The second kappa shape index (κ2) is 18.4. The number of allylic oxidation sites excluding steroid dienone is 1.